The summed E-state index contributed by atoms with van der Waals surface area (Å²) in [5.41, 5.74) is 10.7. The molecule has 0 bridgehead atoms. The van der Waals surface area contributed by atoms with Gasteiger partial charge in [0.2, 0.25) is 0 Å². The van der Waals surface area contributed by atoms with E-state index >= 15 is 0 Å². The molecular weight excluding hydrogens is 390 g/mol. The van der Waals surface area contributed by atoms with Crippen LogP contribution < -0.4 is 5.73 Å². The molecule has 1 aliphatic heterocycles. The number of aromatic nitrogens is 1. The lowest BCUT2D eigenvalue weighted by molar-refractivity contribution is 0.0834. The second-order valence-electron chi connectivity index (χ2n) is 8.83. The Morgan fingerprint density at radius 3 is 2.93 bits per heavy atom. The summed E-state index contributed by atoms with van der Waals surface area (Å²) < 4.78 is 5.67. The highest BCUT2D eigenvalue weighted by molar-refractivity contribution is 7.12. The number of amidine groups is 1. The number of methoxy groups -OCH3 is 1. The minimum absolute atomic E-state index is 0.288. The molecule has 30 heavy (non-hydrogen) atoms. The number of fused-ring (bicyclic) bond motifs is 4. The monoisotopic (exact) mass is 419 g/mol. The molecule has 156 valence electrons. The Labute approximate surface area is 183 Å². The van der Waals surface area contributed by atoms with E-state index in [-0.39, 0.29) is 6.10 Å². The largest absolute Gasteiger partial charge is 0.382 e. The van der Waals surface area contributed by atoms with Crippen molar-refractivity contribution in [3.63, 3.8) is 0 Å². The van der Waals surface area contributed by atoms with Gasteiger partial charge in [-0.15, -0.1) is 11.3 Å². The lowest BCUT2D eigenvalue weighted by atomic mass is 9.80. The molecule has 4 nitrogen and oxygen atoms in total. The molecule has 1 aromatic carbocycles. The van der Waals surface area contributed by atoms with E-state index in [9.17, 15) is 0 Å². The van der Waals surface area contributed by atoms with Crippen LogP contribution >= 0.6 is 11.3 Å². The molecule has 2 aromatic rings. The average molecular weight is 420 g/mol. The number of benzene rings is 1. The van der Waals surface area contributed by atoms with E-state index in [2.05, 4.69) is 43.9 Å². The van der Waals surface area contributed by atoms with Crippen molar-refractivity contribution in [2.45, 2.75) is 64.0 Å². The second-order valence-corrected chi connectivity index (χ2v) is 10.0. The zero-order valence-corrected chi connectivity index (χ0v) is 18.8. The van der Waals surface area contributed by atoms with Crippen LogP contribution in [0.2, 0.25) is 0 Å². The quantitative estimate of drug-likeness (QED) is 0.723. The van der Waals surface area contributed by atoms with Gasteiger partial charge in [0.25, 0.3) is 0 Å². The zero-order chi connectivity index (χ0) is 20.9. The summed E-state index contributed by atoms with van der Waals surface area (Å²) >= 11 is 1.75. The second kappa shape index (κ2) is 7.51. The highest BCUT2D eigenvalue weighted by atomic mass is 32.1. The van der Waals surface area contributed by atoms with Gasteiger partial charge in [-0.1, -0.05) is 24.8 Å². The van der Waals surface area contributed by atoms with Gasteiger partial charge in [-0.25, -0.2) is 9.98 Å². The van der Waals surface area contributed by atoms with Gasteiger partial charge in [0.15, 0.2) is 0 Å². The molecule has 2 heterocycles. The van der Waals surface area contributed by atoms with Crippen LogP contribution in [0.3, 0.4) is 0 Å². The van der Waals surface area contributed by atoms with Crippen LogP contribution in [-0.2, 0) is 16.7 Å². The number of nitrogens with zero attached hydrogens (tertiary/aromatic N) is 2. The van der Waals surface area contributed by atoms with Crippen LogP contribution in [0.5, 0.6) is 0 Å². The number of hydrogen-bond acceptors (Lipinski definition) is 5. The first-order valence-electron chi connectivity index (χ1n) is 11.1. The molecule has 1 spiro atoms. The van der Waals surface area contributed by atoms with Crippen LogP contribution in [0.25, 0.3) is 0 Å². The predicted molar refractivity (Wildman–Crippen MR) is 122 cm³/mol. The van der Waals surface area contributed by atoms with Crippen molar-refractivity contribution in [1.82, 2.24) is 4.98 Å². The summed E-state index contributed by atoms with van der Waals surface area (Å²) in [6.45, 7) is 4.25. The van der Waals surface area contributed by atoms with Gasteiger partial charge in [-0.3, -0.25) is 0 Å². The molecule has 3 aliphatic rings. The minimum Gasteiger partial charge on any atom is -0.382 e. The minimum atomic E-state index is -0.413. The average Bonchev–Trinajstić information content (AvgIpc) is 3.34. The van der Waals surface area contributed by atoms with Crippen molar-refractivity contribution in [2.24, 2.45) is 22.6 Å². The van der Waals surface area contributed by atoms with Crippen molar-refractivity contribution in [1.29, 1.82) is 0 Å². The van der Waals surface area contributed by atoms with E-state index in [1.807, 2.05) is 7.11 Å². The number of thiazole rings is 1. The fourth-order valence-corrected chi connectivity index (χ4v) is 6.19. The smallest absolute Gasteiger partial charge is 0.147 e. The molecule has 2 aliphatic carbocycles. The molecule has 2 N–H and O–H groups in total. The number of aliphatic imine (C=N–C) groups is 1. The fourth-order valence-electron chi connectivity index (χ4n) is 5.03. The first kappa shape index (κ1) is 19.8. The number of nitrogens with two attached hydrogens (primary N) is 1. The third-order valence-electron chi connectivity index (χ3n) is 6.82. The normalized spacial score (nSPS) is 24.9. The van der Waals surface area contributed by atoms with Crippen molar-refractivity contribution in [2.75, 3.05) is 7.11 Å². The molecule has 3 atom stereocenters. The number of aryl methyl sites for hydroxylation is 1. The molecular formula is C25H29N3OS. The van der Waals surface area contributed by atoms with E-state index in [1.165, 1.54) is 28.8 Å². The molecule has 1 aromatic heterocycles. The topological polar surface area (TPSA) is 60.5 Å². The molecule has 1 saturated carbocycles. The summed E-state index contributed by atoms with van der Waals surface area (Å²) in [5.74, 6) is 8.35. The Hall–Kier alpha value is -2.16. The van der Waals surface area contributed by atoms with E-state index in [0.717, 1.165) is 41.9 Å². The van der Waals surface area contributed by atoms with Crippen LogP contribution in [0.15, 0.2) is 23.2 Å². The maximum absolute atomic E-state index is 6.43. The van der Waals surface area contributed by atoms with Crippen molar-refractivity contribution >= 4 is 17.2 Å². The Balaban J connectivity index is 1.59. The van der Waals surface area contributed by atoms with E-state index in [0.29, 0.717) is 17.7 Å². The number of ether oxygens (including phenoxy) is 1. The van der Waals surface area contributed by atoms with Gasteiger partial charge in [-0.05, 0) is 74.6 Å². The first-order valence-corrected chi connectivity index (χ1v) is 11.9. The van der Waals surface area contributed by atoms with Crippen molar-refractivity contribution in [3.8, 4) is 11.8 Å². The summed E-state index contributed by atoms with van der Waals surface area (Å²) in [6, 6.07) is 6.72. The van der Waals surface area contributed by atoms with Gasteiger partial charge in [0.05, 0.1) is 16.0 Å². The van der Waals surface area contributed by atoms with Crippen LogP contribution in [-0.4, -0.2) is 24.0 Å². The lowest BCUT2D eigenvalue weighted by Crippen LogP contribution is -2.30. The lowest BCUT2D eigenvalue weighted by Gasteiger charge is -2.30. The van der Waals surface area contributed by atoms with E-state index in [4.69, 9.17) is 20.4 Å². The van der Waals surface area contributed by atoms with Crippen molar-refractivity contribution in [3.05, 3.63) is 50.5 Å². The molecule has 3 unspecified atom stereocenters. The third kappa shape index (κ3) is 3.18. The Morgan fingerprint density at radius 1 is 1.37 bits per heavy atom. The maximum Gasteiger partial charge on any atom is 0.147 e. The van der Waals surface area contributed by atoms with Gasteiger partial charge >= 0.3 is 0 Å². The summed E-state index contributed by atoms with van der Waals surface area (Å²) in [6.07, 6.45) is 6.90. The van der Waals surface area contributed by atoms with Crippen LogP contribution in [0.4, 0.5) is 0 Å². The summed E-state index contributed by atoms with van der Waals surface area (Å²) in [4.78, 5) is 11.1. The SMILES string of the molecule is CCC(CCC1Cc2ccc(C#CC3CC3)cc2C12N=C(N)c1nc(C)sc12)OC. The molecule has 5 rings (SSSR count). The molecule has 1 fully saturated rings. The molecule has 0 amide bonds. The highest BCUT2D eigenvalue weighted by Crippen LogP contribution is 2.56. The summed E-state index contributed by atoms with van der Waals surface area (Å²) in [7, 11) is 1.81. The first-order chi connectivity index (χ1) is 14.5. The predicted octanol–water partition coefficient (Wildman–Crippen LogP) is 4.55. The number of rotatable bonds is 5. The van der Waals surface area contributed by atoms with Gasteiger partial charge < -0.3 is 10.5 Å². The van der Waals surface area contributed by atoms with Crippen molar-refractivity contribution < 1.29 is 4.74 Å². The van der Waals surface area contributed by atoms with Gasteiger partial charge in [-0.2, -0.15) is 0 Å². The Bertz CT molecular complexity index is 1070. The van der Waals surface area contributed by atoms with E-state index < -0.39 is 5.54 Å². The molecule has 0 radical (unpaired) electrons. The fraction of sp³-hybridized carbons (Fsp3) is 0.520. The van der Waals surface area contributed by atoms with Gasteiger partial charge in [0, 0.05) is 18.6 Å². The van der Waals surface area contributed by atoms with E-state index in [1.54, 1.807) is 11.3 Å². The van der Waals surface area contributed by atoms with Crippen LogP contribution in [0.1, 0.15) is 71.3 Å². The van der Waals surface area contributed by atoms with Gasteiger partial charge in [0.1, 0.15) is 17.1 Å². The zero-order valence-electron chi connectivity index (χ0n) is 18.0. The number of hydrogen-bond donors (Lipinski definition) is 1. The Kier molecular flexibility index (Phi) is 4.95. The standard InChI is InChI=1S/C25H29N3OS/c1-4-20(29-3)12-11-19-14-18-10-9-17(8-7-16-5-6-16)13-21(18)25(19)23-22(24(26)28-25)27-15(2)30-23/h9-10,13,16,19-20H,4-6,11-12,14H2,1-3H3,(H2,26,28). The molecule has 5 heteroatoms. The highest BCUT2D eigenvalue weighted by Gasteiger charge is 2.54. The summed E-state index contributed by atoms with van der Waals surface area (Å²) in [5, 5.41) is 1.05. The third-order valence-corrected chi connectivity index (χ3v) is 7.92. The maximum atomic E-state index is 6.43. The Morgan fingerprint density at radius 2 is 2.20 bits per heavy atom. The molecule has 0 saturated heterocycles. The van der Waals surface area contributed by atoms with Crippen LogP contribution in [0, 0.1) is 30.6 Å².